The van der Waals surface area contributed by atoms with Crippen molar-refractivity contribution in [1.29, 1.82) is 0 Å². The van der Waals surface area contributed by atoms with Crippen LogP contribution in [-0.4, -0.2) is 37.2 Å². The number of hydrogen-bond donors (Lipinski definition) is 1. The predicted octanol–water partition coefficient (Wildman–Crippen LogP) is 3.71. The van der Waals surface area contributed by atoms with Crippen LogP contribution in [0.1, 0.15) is 62.0 Å². The van der Waals surface area contributed by atoms with Crippen LogP contribution in [0.3, 0.4) is 0 Å². The van der Waals surface area contributed by atoms with Crippen LogP contribution in [0.15, 0.2) is 18.2 Å². The molecule has 1 saturated carbocycles. The molecular formula is C21H32N2O. The van der Waals surface area contributed by atoms with Gasteiger partial charge in [-0.1, -0.05) is 12.1 Å². The fraction of sp³-hybridized carbons (Fsp3) is 0.714. The van der Waals surface area contributed by atoms with Crippen molar-refractivity contribution in [2.45, 2.75) is 63.3 Å². The van der Waals surface area contributed by atoms with Crippen LogP contribution >= 0.6 is 0 Å². The molecule has 0 radical (unpaired) electrons. The molecule has 3 aliphatic rings. The molecule has 0 bridgehead atoms. The van der Waals surface area contributed by atoms with Crippen molar-refractivity contribution in [3.8, 4) is 5.75 Å². The molecule has 0 atom stereocenters. The molecule has 2 fully saturated rings. The zero-order chi connectivity index (χ0) is 16.4. The van der Waals surface area contributed by atoms with Crippen molar-refractivity contribution in [3.63, 3.8) is 0 Å². The maximum atomic E-state index is 6.03. The Bertz CT molecular complexity index is 543. The Morgan fingerprint density at radius 2 is 1.83 bits per heavy atom. The zero-order valence-electron chi connectivity index (χ0n) is 14.9. The van der Waals surface area contributed by atoms with Gasteiger partial charge in [-0.3, -0.25) is 0 Å². The van der Waals surface area contributed by atoms with Crippen molar-refractivity contribution in [2.24, 2.45) is 11.7 Å². The fourth-order valence-electron chi connectivity index (χ4n) is 4.94. The normalized spacial score (nSPS) is 28.5. The van der Waals surface area contributed by atoms with Gasteiger partial charge in [-0.25, -0.2) is 0 Å². The highest BCUT2D eigenvalue weighted by Gasteiger charge is 2.26. The summed E-state index contributed by atoms with van der Waals surface area (Å²) in [5.41, 5.74) is 9.10. The lowest BCUT2D eigenvalue weighted by Gasteiger charge is -2.34. The third kappa shape index (κ3) is 3.62. The van der Waals surface area contributed by atoms with Crippen LogP contribution < -0.4 is 10.5 Å². The number of fused-ring (bicyclic) bond motifs is 1. The molecule has 3 nitrogen and oxygen atoms in total. The van der Waals surface area contributed by atoms with E-state index in [2.05, 4.69) is 23.1 Å². The summed E-state index contributed by atoms with van der Waals surface area (Å²) in [6, 6.07) is 7.14. The molecule has 1 aliphatic carbocycles. The third-order valence-corrected chi connectivity index (χ3v) is 6.55. The van der Waals surface area contributed by atoms with Gasteiger partial charge in [-0.2, -0.15) is 0 Å². The molecular weight excluding hydrogens is 296 g/mol. The summed E-state index contributed by atoms with van der Waals surface area (Å²) >= 11 is 0. The monoisotopic (exact) mass is 328 g/mol. The van der Waals surface area contributed by atoms with E-state index in [0.29, 0.717) is 6.04 Å². The summed E-state index contributed by atoms with van der Waals surface area (Å²) in [7, 11) is 0. The van der Waals surface area contributed by atoms with Gasteiger partial charge >= 0.3 is 0 Å². The molecule has 0 amide bonds. The van der Waals surface area contributed by atoms with Crippen LogP contribution in [-0.2, 0) is 6.42 Å². The third-order valence-electron chi connectivity index (χ3n) is 6.55. The molecule has 132 valence electrons. The standard InChI is InChI=1S/C21H32N2O/c22-18-6-4-16(5-7-18)8-12-23-13-9-17(10-14-23)19-2-1-3-21-20(19)11-15-24-21/h1-3,16-18H,4-15,22H2/t16-,18-. The second kappa shape index (κ2) is 7.45. The van der Waals surface area contributed by atoms with E-state index in [-0.39, 0.29) is 0 Å². The number of nitrogens with zero attached hydrogens (tertiary/aromatic N) is 1. The van der Waals surface area contributed by atoms with Crippen molar-refractivity contribution in [1.82, 2.24) is 4.90 Å². The first kappa shape index (κ1) is 16.4. The number of nitrogens with two attached hydrogens (primary N) is 1. The lowest BCUT2D eigenvalue weighted by atomic mass is 9.83. The number of rotatable bonds is 4. The Hall–Kier alpha value is -1.06. The molecule has 1 aromatic rings. The highest BCUT2D eigenvalue weighted by atomic mass is 16.5. The SMILES string of the molecule is N[C@H]1CC[C@H](CCN2CCC(c3cccc4c3CCO4)CC2)CC1. The lowest BCUT2D eigenvalue weighted by Crippen LogP contribution is -2.35. The Morgan fingerprint density at radius 1 is 1.04 bits per heavy atom. The van der Waals surface area contributed by atoms with E-state index in [4.69, 9.17) is 10.5 Å². The van der Waals surface area contributed by atoms with E-state index in [1.165, 1.54) is 70.1 Å². The molecule has 2 N–H and O–H groups in total. The van der Waals surface area contributed by atoms with Crippen LogP contribution in [0.5, 0.6) is 5.75 Å². The maximum Gasteiger partial charge on any atom is 0.122 e. The van der Waals surface area contributed by atoms with E-state index >= 15 is 0 Å². The average molecular weight is 329 g/mol. The van der Waals surface area contributed by atoms with Crippen LogP contribution in [0.25, 0.3) is 0 Å². The second-order valence-electron chi connectivity index (χ2n) is 8.11. The second-order valence-corrected chi connectivity index (χ2v) is 8.11. The number of piperidine rings is 1. The molecule has 24 heavy (non-hydrogen) atoms. The van der Waals surface area contributed by atoms with Gasteiger partial charge in [0.1, 0.15) is 5.75 Å². The summed E-state index contributed by atoms with van der Waals surface area (Å²) in [4.78, 5) is 2.70. The molecule has 0 aromatic heterocycles. The van der Waals surface area contributed by atoms with Crippen LogP contribution in [0, 0.1) is 5.92 Å². The van der Waals surface area contributed by atoms with E-state index in [0.717, 1.165) is 30.6 Å². The summed E-state index contributed by atoms with van der Waals surface area (Å²) in [6.07, 6.45) is 10.3. The highest BCUT2D eigenvalue weighted by Crippen LogP contribution is 2.37. The van der Waals surface area contributed by atoms with Crippen molar-refractivity contribution in [3.05, 3.63) is 29.3 Å². The molecule has 0 spiro atoms. The first-order chi connectivity index (χ1) is 11.8. The Morgan fingerprint density at radius 3 is 2.62 bits per heavy atom. The topological polar surface area (TPSA) is 38.5 Å². The smallest absolute Gasteiger partial charge is 0.122 e. The van der Waals surface area contributed by atoms with Gasteiger partial charge < -0.3 is 15.4 Å². The van der Waals surface area contributed by atoms with E-state index < -0.39 is 0 Å². The first-order valence-corrected chi connectivity index (χ1v) is 10.0. The number of benzene rings is 1. The van der Waals surface area contributed by atoms with E-state index in [1.807, 2.05) is 0 Å². The van der Waals surface area contributed by atoms with Gasteiger partial charge in [0.2, 0.25) is 0 Å². The van der Waals surface area contributed by atoms with E-state index in [9.17, 15) is 0 Å². The molecule has 4 rings (SSSR count). The van der Waals surface area contributed by atoms with Gasteiger partial charge in [-0.05, 0) is 88.0 Å². The zero-order valence-corrected chi connectivity index (χ0v) is 14.9. The first-order valence-electron chi connectivity index (χ1n) is 10.0. The Kier molecular flexibility index (Phi) is 5.09. The van der Waals surface area contributed by atoms with Gasteiger partial charge in [0.25, 0.3) is 0 Å². The van der Waals surface area contributed by atoms with Gasteiger partial charge in [0.15, 0.2) is 0 Å². The number of ether oxygens (including phenoxy) is 1. The van der Waals surface area contributed by atoms with Crippen molar-refractivity contribution < 1.29 is 4.74 Å². The number of likely N-dealkylation sites (tertiary alicyclic amines) is 1. The molecule has 2 heterocycles. The lowest BCUT2D eigenvalue weighted by molar-refractivity contribution is 0.186. The molecule has 1 saturated heterocycles. The van der Waals surface area contributed by atoms with Gasteiger partial charge in [-0.15, -0.1) is 0 Å². The Balaban J connectivity index is 1.26. The molecule has 3 heteroatoms. The maximum absolute atomic E-state index is 6.03. The summed E-state index contributed by atoms with van der Waals surface area (Å²) in [5, 5.41) is 0. The minimum Gasteiger partial charge on any atom is -0.493 e. The average Bonchev–Trinajstić information content (AvgIpc) is 3.10. The summed E-state index contributed by atoms with van der Waals surface area (Å²) in [5.74, 6) is 2.81. The molecule has 2 aliphatic heterocycles. The quantitative estimate of drug-likeness (QED) is 0.916. The van der Waals surface area contributed by atoms with E-state index in [1.54, 1.807) is 5.56 Å². The minimum absolute atomic E-state index is 0.480. The van der Waals surface area contributed by atoms with Gasteiger partial charge in [0, 0.05) is 18.0 Å². The van der Waals surface area contributed by atoms with Crippen molar-refractivity contribution >= 4 is 0 Å². The highest BCUT2D eigenvalue weighted by molar-refractivity contribution is 5.44. The number of hydrogen-bond acceptors (Lipinski definition) is 3. The Labute approximate surface area is 146 Å². The summed E-state index contributed by atoms with van der Waals surface area (Å²) < 4.78 is 5.74. The largest absolute Gasteiger partial charge is 0.493 e. The predicted molar refractivity (Wildman–Crippen MR) is 98.6 cm³/mol. The van der Waals surface area contributed by atoms with Crippen molar-refractivity contribution in [2.75, 3.05) is 26.2 Å². The molecule has 1 aromatic carbocycles. The van der Waals surface area contributed by atoms with Gasteiger partial charge in [0.05, 0.1) is 6.61 Å². The summed E-state index contributed by atoms with van der Waals surface area (Å²) in [6.45, 7) is 4.70. The molecule has 0 unspecified atom stereocenters. The fourth-order valence-corrected chi connectivity index (χ4v) is 4.94. The van der Waals surface area contributed by atoms with Crippen LogP contribution in [0.2, 0.25) is 0 Å². The van der Waals surface area contributed by atoms with Crippen LogP contribution in [0.4, 0.5) is 0 Å². The minimum atomic E-state index is 0.480.